The monoisotopic (exact) mass is 487 g/mol. The second-order valence-corrected chi connectivity index (χ2v) is 9.00. The van der Waals surface area contributed by atoms with E-state index in [0.717, 1.165) is 28.5 Å². The van der Waals surface area contributed by atoms with Gasteiger partial charge in [-0.3, -0.25) is 14.2 Å². The lowest BCUT2D eigenvalue weighted by Crippen LogP contribution is -2.45. The number of hydrogen-bond donors (Lipinski definition) is 0. The molecule has 0 radical (unpaired) electrons. The number of imidazole rings is 1. The van der Waals surface area contributed by atoms with Crippen LogP contribution in [0.1, 0.15) is 30.0 Å². The Morgan fingerprint density at radius 2 is 1.75 bits per heavy atom. The van der Waals surface area contributed by atoms with Crippen molar-refractivity contribution in [2.45, 2.75) is 38.5 Å². The minimum absolute atomic E-state index is 0.0584. The number of ether oxygens (including phenoxy) is 1. The molecule has 186 valence electrons. The maximum absolute atomic E-state index is 13.6. The first-order valence-electron chi connectivity index (χ1n) is 12.1. The van der Waals surface area contributed by atoms with Gasteiger partial charge in [0.05, 0.1) is 25.5 Å². The Kier molecular flexibility index (Phi) is 6.81. The van der Waals surface area contributed by atoms with E-state index in [2.05, 4.69) is 4.98 Å². The molecule has 2 aromatic heterocycles. The molecule has 4 aromatic rings. The molecule has 0 saturated carbocycles. The predicted molar refractivity (Wildman–Crippen MR) is 136 cm³/mol. The minimum Gasteiger partial charge on any atom is -0.383 e. The Hall–Kier alpha value is -3.98. The average molecular weight is 488 g/mol. The summed E-state index contributed by atoms with van der Waals surface area (Å²) in [7, 11) is 1.58. The number of methoxy groups -OCH3 is 1. The van der Waals surface area contributed by atoms with Crippen molar-refractivity contribution in [3.8, 4) is 0 Å². The fraction of sp³-hybridized carbons (Fsp3) is 0.333. The summed E-state index contributed by atoms with van der Waals surface area (Å²) in [5.41, 5.74) is 1.49. The second-order valence-electron chi connectivity index (χ2n) is 9.00. The van der Waals surface area contributed by atoms with Crippen LogP contribution in [0.2, 0.25) is 0 Å². The Morgan fingerprint density at radius 3 is 2.47 bits per heavy atom. The van der Waals surface area contributed by atoms with Gasteiger partial charge < -0.3 is 14.2 Å². The number of rotatable bonds is 8. The molecule has 5 rings (SSSR count). The molecule has 1 aliphatic rings. The fourth-order valence-electron chi connectivity index (χ4n) is 4.96. The van der Waals surface area contributed by atoms with E-state index in [1.165, 1.54) is 4.57 Å². The lowest BCUT2D eigenvalue weighted by atomic mass is 10.0. The SMILES string of the molecule is COCCn1cnc2c1c(=O)n(CC(=O)N1CCCC1c1ccccc1)c(=O)n2Cc1ccccc1. The molecule has 9 heteroatoms. The van der Waals surface area contributed by atoms with Crippen LogP contribution in [0.15, 0.2) is 76.6 Å². The van der Waals surface area contributed by atoms with Crippen LogP contribution in [-0.4, -0.2) is 49.8 Å². The van der Waals surface area contributed by atoms with Gasteiger partial charge in [0.1, 0.15) is 6.54 Å². The summed E-state index contributed by atoms with van der Waals surface area (Å²) in [6.07, 6.45) is 3.27. The molecule has 2 aromatic carbocycles. The molecular formula is C27H29N5O4. The summed E-state index contributed by atoms with van der Waals surface area (Å²) in [5.74, 6) is -0.242. The highest BCUT2D eigenvalue weighted by Gasteiger charge is 2.31. The van der Waals surface area contributed by atoms with Gasteiger partial charge in [-0.05, 0) is 24.0 Å². The molecule has 0 bridgehead atoms. The van der Waals surface area contributed by atoms with E-state index in [1.807, 2.05) is 60.7 Å². The molecule has 1 aliphatic heterocycles. The van der Waals surface area contributed by atoms with Crippen LogP contribution in [0.5, 0.6) is 0 Å². The van der Waals surface area contributed by atoms with Crippen LogP contribution in [-0.2, 0) is 29.2 Å². The molecular weight excluding hydrogens is 458 g/mol. The highest BCUT2D eigenvalue weighted by atomic mass is 16.5. The Bertz CT molecular complexity index is 1470. The summed E-state index contributed by atoms with van der Waals surface area (Å²) in [5, 5.41) is 0. The van der Waals surface area contributed by atoms with Crippen molar-refractivity contribution in [1.29, 1.82) is 0 Å². The molecule has 36 heavy (non-hydrogen) atoms. The number of hydrogen-bond acceptors (Lipinski definition) is 5. The van der Waals surface area contributed by atoms with E-state index in [0.29, 0.717) is 25.3 Å². The zero-order valence-electron chi connectivity index (χ0n) is 20.2. The summed E-state index contributed by atoms with van der Waals surface area (Å²) >= 11 is 0. The number of fused-ring (bicyclic) bond motifs is 1. The van der Waals surface area contributed by atoms with Crippen LogP contribution in [0.25, 0.3) is 11.2 Å². The fourth-order valence-corrected chi connectivity index (χ4v) is 4.96. The van der Waals surface area contributed by atoms with E-state index in [4.69, 9.17) is 4.74 Å². The summed E-state index contributed by atoms with van der Waals surface area (Å²) < 4.78 is 9.40. The highest BCUT2D eigenvalue weighted by Crippen LogP contribution is 2.31. The van der Waals surface area contributed by atoms with Gasteiger partial charge in [0.15, 0.2) is 11.2 Å². The van der Waals surface area contributed by atoms with Crippen molar-refractivity contribution in [3.05, 3.63) is 99.0 Å². The van der Waals surface area contributed by atoms with Gasteiger partial charge in [0.2, 0.25) is 5.91 Å². The van der Waals surface area contributed by atoms with Crippen molar-refractivity contribution in [3.63, 3.8) is 0 Å². The third-order valence-corrected chi connectivity index (χ3v) is 6.75. The van der Waals surface area contributed by atoms with E-state index in [-0.39, 0.29) is 30.6 Å². The van der Waals surface area contributed by atoms with Crippen LogP contribution >= 0.6 is 0 Å². The standard InChI is InChI=1S/C27H29N5O4/c1-36-16-15-29-19-28-25-24(29)26(34)32(27(35)31(25)17-20-9-4-2-5-10-20)18-23(33)30-14-8-13-22(30)21-11-6-3-7-12-21/h2-7,9-12,19,22H,8,13-18H2,1H3. The molecule has 1 unspecified atom stereocenters. The molecule has 1 fully saturated rings. The van der Waals surface area contributed by atoms with E-state index >= 15 is 0 Å². The number of aromatic nitrogens is 4. The van der Waals surface area contributed by atoms with Crippen LogP contribution in [0, 0.1) is 0 Å². The van der Waals surface area contributed by atoms with E-state index in [9.17, 15) is 14.4 Å². The second kappa shape index (κ2) is 10.3. The van der Waals surface area contributed by atoms with Gasteiger partial charge in [-0.15, -0.1) is 0 Å². The van der Waals surface area contributed by atoms with Crippen LogP contribution in [0.3, 0.4) is 0 Å². The van der Waals surface area contributed by atoms with Crippen molar-refractivity contribution < 1.29 is 9.53 Å². The molecule has 1 amide bonds. The molecule has 0 aliphatic carbocycles. The molecule has 1 saturated heterocycles. The van der Waals surface area contributed by atoms with E-state index < -0.39 is 11.2 Å². The summed E-state index contributed by atoms with van der Waals surface area (Å²) in [6, 6.07) is 19.3. The Balaban J connectivity index is 1.56. The summed E-state index contributed by atoms with van der Waals surface area (Å²) in [4.78, 5) is 46.9. The third kappa shape index (κ3) is 4.49. The van der Waals surface area contributed by atoms with Gasteiger partial charge in [-0.25, -0.2) is 14.3 Å². The van der Waals surface area contributed by atoms with Gasteiger partial charge in [-0.2, -0.15) is 0 Å². The molecule has 9 nitrogen and oxygen atoms in total. The molecule has 0 N–H and O–H groups in total. The minimum atomic E-state index is -0.544. The van der Waals surface area contributed by atoms with Gasteiger partial charge in [-0.1, -0.05) is 60.7 Å². The largest absolute Gasteiger partial charge is 0.383 e. The topological polar surface area (TPSA) is 91.4 Å². The number of benzene rings is 2. The molecule has 1 atom stereocenters. The van der Waals surface area contributed by atoms with Crippen molar-refractivity contribution in [1.82, 2.24) is 23.6 Å². The third-order valence-electron chi connectivity index (χ3n) is 6.75. The lowest BCUT2D eigenvalue weighted by molar-refractivity contribution is -0.132. The van der Waals surface area contributed by atoms with Crippen molar-refractivity contribution >= 4 is 17.1 Å². The maximum Gasteiger partial charge on any atom is 0.333 e. The quantitative estimate of drug-likeness (QED) is 0.381. The number of carbonyl (C=O) groups is 1. The first-order valence-corrected chi connectivity index (χ1v) is 12.1. The number of amides is 1. The number of likely N-dealkylation sites (tertiary alicyclic amines) is 1. The van der Waals surface area contributed by atoms with E-state index in [1.54, 1.807) is 22.9 Å². The first kappa shape index (κ1) is 23.7. The Labute approximate surface area is 208 Å². The highest BCUT2D eigenvalue weighted by molar-refractivity contribution is 5.77. The lowest BCUT2D eigenvalue weighted by Gasteiger charge is -2.25. The Morgan fingerprint density at radius 1 is 1.03 bits per heavy atom. The predicted octanol–water partition coefficient (Wildman–Crippen LogP) is 2.42. The zero-order chi connectivity index (χ0) is 25.1. The van der Waals surface area contributed by atoms with Gasteiger partial charge in [0, 0.05) is 20.2 Å². The van der Waals surface area contributed by atoms with Crippen LogP contribution < -0.4 is 11.2 Å². The molecule has 3 heterocycles. The number of carbonyl (C=O) groups excluding carboxylic acids is 1. The summed E-state index contributed by atoms with van der Waals surface area (Å²) in [6.45, 7) is 1.30. The van der Waals surface area contributed by atoms with Gasteiger partial charge >= 0.3 is 5.69 Å². The molecule has 0 spiro atoms. The van der Waals surface area contributed by atoms with Gasteiger partial charge in [0.25, 0.3) is 5.56 Å². The normalized spacial score (nSPS) is 15.6. The maximum atomic E-state index is 13.6. The first-order chi connectivity index (χ1) is 17.6. The number of nitrogens with zero attached hydrogens (tertiary/aromatic N) is 5. The van der Waals surface area contributed by atoms with Crippen LogP contribution in [0.4, 0.5) is 0 Å². The smallest absolute Gasteiger partial charge is 0.333 e. The average Bonchev–Trinajstić information content (AvgIpc) is 3.57. The zero-order valence-corrected chi connectivity index (χ0v) is 20.2. The van der Waals surface area contributed by atoms with Crippen molar-refractivity contribution in [2.24, 2.45) is 0 Å². The van der Waals surface area contributed by atoms with Crippen molar-refractivity contribution in [2.75, 3.05) is 20.3 Å².